The summed E-state index contributed by atoms with van der Waals surface area (Å²) < 4.78 is 1.45. The molecule has 1 unspecified atom stereocenters. The maximum absolute atomic E-state index is 12.0. The monoisotopic (exact) mass is 299 g/mol. The Morgan fingerprint density at radius 2 is 2.30 bits per heavy atom. The third-order valence-corrected chi connectivity index (χ3v) is 3.73. The molecule has 0 aliphatic carbocycles. The van der Waals surface area contributed by atoms with Gasteiger partial charge in [-0.2, -0.15) is 0 Å². The fraction of sp³-hybridized carbons (Fsp3) is 0.571. The molecule has 0 radical (unpaired) electrons. The predicted molar refractivity (Wildman–Crippen MR) is 81.5 cm³/mol. The molecule has 2 rings (SSSR count). The van der Waals surface area contributed by atoms with Crippen molar-refractivity contribution in [2.24, 2.45) is 12.5 Å². The fourth-order valence-corrected chi connectivity index (χ4v) is 2.36. The maximum Gasteiger partial charge on any atom is 0.251 e. The number of aryl methyl sites for hydroxylation is 1. The van der Waals surface area contributed by atoms with Crippen molar-refractivity contribution in [2.45, 2.75) is 19.8 Å². The molecule has 0 aromatic carbocycles. The van der Waals surface area contributed by atoms with Crippen LogP contribution >= 0.6 is 12.4 Å². The topological polar surface area (TPSA) is 63.1 Å². The molecule has 0 spiro atoms. The van der Waals surface area contributed by atoms with E-state index in [-0.39, 0.29) is 29.3 Å². The molecule has 112 valence electrons. The van der Waals surface area contributed by atoms with Crippen molar-refractivity contribution in [3.63, 3.8) is 0 Å². The molecule has 1 aliphatic heterocycles. The van der Waals surface area contributed by atoms with Crippen molar-refractivity contribution in [3.8, 4) is 0 Å². The Hall–Kier alpha value is -1.33. The lowest BCUT2D eigenvalue weighted by molar-refractivity contribution is 0.0924. The van der Waals surface area contributed by atoms with Gasteiger partial charge < -0.3 is 15.2 Å². The van der Waals surface area contributed by atoms with Crippen LogP contribution in [0.3, 0.4) is 0 Å². The molecule has 0 bridgehead atoms. The number of nitrogens with zero attached hydrogens (tertiary/aromatic N) is 1. The SMILES string of the molecule is Cl.Cn1ccc(C(=O)NCC2(C)CCCNC2)cc1=O. The number of aromatic nitrogens is 1. The number of hydrogen-bond donors (Lipinski definition) is 2. The van der Waals surface area contributed by atoms with Gasteiger partial charge in [0.25, 0.3) is 11.5 Å². The van der Waals surface area contributed by atoms with Crippen molar-refractivity contribution in [1.82, 2.24) is 15.2 Å². The molecule has 1 aromatic heterocycles. The first-order valence-corrected chi connectivity index (χ1v) is 6.66. The van der Waals surface area contributed by atoms with Gasteiger partial charge in [-0.3, -0.25) is 9.59 Å². The van der Waals surface area contributed by atoms with E-state index in [0.29, 0.717) is 12.1 Å². The molecule has 1 saturated heterocycles. The van der Waals surface area contributed by atoms with Gasteiger partial charge in [0.2, 0.25) is 0 Å². The highest BCUT2D eigenvalue weighted by atomic mass is 35.5. The molecule has 2 N–H and O–H groups in total. The summed E-state index contributed by atoms with van der Waals surface area (Å²) in [5, 5.41) is 6.28. The molecular formula is C14H22ClN3O2. The summed E-state index contributed by atoms with van der Waals surface area (Å²) in [5.74, 6) is -0.176. The molecule has 2 heterocycles. The molecule has 1 aromatic rings. The van der Waals surface area contributed by atoms with Crippen LogP contribution in [0.2, 0.25) is 0 Å². The van der Waals surface area contributed by atoms with Crippen LogP contribution in [0.5, 0.6) is 0 Å². The number of piperidine rings is 1. The first-order valence-electron chi connectivity index (χ1n) is 6.66. The van der Waals surface area contributed by atoms with Crippen LogP contribution < -0.4 is 16.2 Å². The van der Waals surface area contributed by atoms with E-state index in [0.717, 1.165) is 25.9 Å². The van der Waals surface area contributed by atoms with E-state index in [1.807, 2.05) is 0 Å². The van der Waals surface area contributed by atoms with Crippen LogP contribution in [0.15, 0.2) is 23.1 Å². The molecule has 1 fully saturated rings. The number of halogens is 1. The highest BCUT2D eigenvalue weighted by Crippen LogP contribution is 2.24. The maximum atomic E-state index is 12.0. The van der Waals surface area contributed by atoms with Gasteiger partial charge in [-0.25, -0.2) is 0 Å². The average Bonchev–Trinajstić information content (AvgIpc) is 2.40. The molecule has 5 nitrogen and oxygen atoms in total. The van der Waals surface area contributed by atoms with E-state index in [1.165, 1.54) is 10.6 Å². The van der Waals surface area contributed by atoms with E-state index < -0.39 is 0 Å². The average molecular weight is 300 g/mol. The number of nitrogens with one attached hydrogen (secondary N) is 2. The minimum absolute atomic E-state index is 0. The van der Waals surface area contributed by atoms with Crippen LogP contribution in [0.1, 0.15) is 30.1 Å². The standard InChI is InChI=1S/C14H21N3O2.ClH/c1-14(5-3-6-15-9-14)10-16-13(19)11-4-7-17(2)12(18)8-11;/h4,7-8,15H,3,5-6,9-10H2,1-2H3,(H,16,19);1H. The second-order valence-corrected chi connectivity index (χ2v) is 5.64. The van der Waals surface area contributed by atoms with Crippen molar-refractivity contribution >= 4 is 18.3 Å². The van der Waals surface area contributed by atoms with Gasteiger partial charge in [0.1, 0.15) is 0 Å². The van der Waals surface area contributed by atoms with E-state index in [4.69, 9.17) is 0 Å². The van der Waals surface area contributed by atoms with E-state index in [2.05, 4.69) is 17.6 Å². The number of carbonyl (C=O) groups is 1. The lowest BCUT2D eigenvalue weighted by Gasteiger charge is -2.34. The number of rotatable bonds is 3. The zero-order chi connectivity index (χ0) is 13.9. The molecule has 20 heavy (non-hydrogen) atoms. The second-order valence-electron chi connectivity index (χ2n) is 5.64. The Morgan fingerprint density at radius 3 is 2.90 bits per heavy atom. The summed E-state index contributed by atoms with van der Waals surface area (Å²) in [4.78, 5) is 23.5. The molecule has 1 amide bonds. The first-order chi connectivity index (χ1) is 9.00. The fourth-order valence-electron chi connectivity index (χ4n) is 2.36. The van der Waals surface area contributed by atoms with Gasteiger partial charge in [0.05, 0.1) is 0 Å². The Labute approximate surface area is 125 Å². The van der Waals surface area contributed by atoms with Gasteiger partial charge in [-0.15, -0.1) is 12.4 Å². The highest BCUT2D eigenvalue weighted by molar-refractivity contribution is 5.93. The summed E-state index contributed by atoms with van der Waals surface area (Å²) in [7, 11) is 1.67. The summed E-state index contributed by atoms with van der Waals surface area (Å²) >= 11 is 0. The van der Waals surface area contributed by atoms with Crippen molar-refractivity contribution < 1.29 is 4.79 Å². The molecule has 0 saturated carbocycles. The van der Waals surface area contributed by atoms with Crippen LogP contribution in [0.4, 0.5) is 0 Å². The zero-order valence-corrected chi connectivity index (χ0v) is 12.8. The Morgan fingerprint density at radius 1 is 1.55 bits per heavy atom. The van der Waals surface area contributed by atoms with Crippen LogP contribution in [-0.4, -0.2) is 30.1 Å². The van der Waals surface area contributed by atoms with Crippen molar-refractivity contribution in [2.75, 3.05) is 19.6 Å². The zero-order valence-electron chi connectivity index (χ0n) is 11.9. The lowest BCUT2D eigenvalue weighted by atomic mass is 9.83. The van der Waals surface area contributed by atoms with Crippen LogP contribution in [-0.2, 0) is 7.05 Å². The van der Waals surface area contributed by atoms with E-state index in [1.54, 1.807) is 19.3 Å². The summed E-state index contributed by atoms with van der Waals surface area (Å²) in [5.41, 5.74) is 0.363. The smallest absolute Gasteiger partial charge is 0.251 e. The van der Waals surface area contributed by atoms with Gasteiger partial charge in [0, 0.05) is 38.0 Å². The second kappa shape index (κ2) is 6.90. The third-order valence-electron chi connectivity index (χ3n) is 3.73. The van der Waals surface area contributed by atoms with Crippen LogP contribution in [0, 0.1) is 5.41 Å². The van der Waals surface area contributed by atoms with Crippen molar-refractivity contribution in [3.05, 3.63) is 34.2 Å². The minimum Gasteiger partial charge on any atom is -0.351 e. The predicted octanol–water partition coefficient (Wildman–Crippen LogP) is 0.927. The molecule has 1 atom stereocenters. The first kappa shape index (κ1) is 16.7. The Kier molecular flexibility index (Phi) is 5.77. The number of amides is 1. The quantitative estimate of drug-likeness (QED) is 0.873. The molecule has 6 heteroatoms. The van der Waals surface area contributed by atoms with Gasteiger partial charge in [-0.1, -0.05) is 6.92 Å². The largest absolute Gasteiger partial charge is 0.351 e. The Bertz CT molecular complexity index is 521. The summed E-state index contributed by atoms with van der Waals surface area (Å²) in [6.45, 7) is 4.78. The lowest BCUT2D eigenvalue weighted by Crippen LogP contribution is -2.45. The van der Waals surface area contributed by atoms with Gasteiger partial charge in [0.15, 0.2) is 0 Å². The third kappa shape index (κ3) is 4.08. The van der Waals surface area contributed by atoms with E-state index >= 15 is 0 Å². The van der Waals surface area contributed by atoms with Gasteiger partial charge >= 0.3 is 0 Å². The summed E-state index contributed by atoms with van der Waals surface area (Å²) in [6.07, 6.45) is 3.86. The normalized spacial score (nSPS) is 21.9. The minimum atomic E-state index is -0.176. The number of hydrogen-bond acceptors (Lipinski definition) is 3. The Balaban J connectivity index is 0.00000200. The highest BCUT2D eigenvalue weighted by Gasteiger charge is 2.27. The van der Waals surface area contributed by atoms with E-state index in [9.17, 15) is 9.59 Å². The number of pyridine rings is 1. The molecule has 1 aliphatic rings. The van der Waals surface area contributed by atoms with Crippen molar-refractivity contribution in [1.29, 1.82) is 0 Å². The summed E-state index contributed by atoms with van der Waals surface area (Å²) in [6, 6.07) is 3.04. The van der Waals surface area contributed by atoms with Crippen LogP contribution in [0.25, 0.3) is 0 Å². The molecular weight excluding hydrogens is 278 g/mol. The number of carbonyl (C=O) groups excluding carboxylic acids is 1. The van der Waals surface area contributed by atoms with Gasteiger partial charge in [-0.05, 0) is 30.9 Å².